The Morgan fingerprint density at radius 3 is 3.06 bits per heavy atom. The van der Waals surface area contributed by atoms with Gasteiger partial charge in [-0.25, -0.2) is 9.78 Å². The summed E-state index contributed by atoms with van der Waals surface area (Å²) in [5.74, 6) is -0.197. The van der Waals surface area contributed by atoms with Crippen LogP contribution in [0.4, 0.5) is 0 Å². The quantitative estimate of drug-likeness (QED) is 0.802. The molecule has 16 heavy (non-hydrogen) atoms. The highest BCUT2D eigenvalue weighted by molar-refractivity contribution is 7.13. The van der Waals surface area contributed by atoms with Gasteiger partial charge in [-0.1, -0.05) is 6.07 Å². The van der Waals surface area contributed by atoms with Crippen molar-refractivity contribution >= 4 is 23.4 Å². The maximum atomic E-state index is 10.4. The molecule has 0 aromatic carbocycles. The van der Waals surface area contributed by atoms with E-state index in [1.807, 2.05) is 24.4 Å². The van der Waals surface area contributed by atoms with Crippen molar-refractivity contribution in [2.75, 3.05) is 0 Å². The molecule has 0 fully saturated rings. The zero-order valence-electron chi connectivity index (χ0n) is 8.60. The summed E-state index contributed by atoms with van der Waals surface area (Å²) in [4.78, 5) is 18.9. The molecule has 0 bridgehead atoms. The van der Waals surface area contributed by atoms with Gasteiger partial charge in [0.1, 0.15) is 5.82 Å². The van der Waals surface area contributed by atoms with Gasteiger partial charge in [-0.2, -0.15) is 0 Å². The van der Waals surface area contributed by atoms with E-state index < -0.39 is 5.97 Å². The molecule has 82 valence electrons. The number of hydrogen-bond acceptors (Lipinski definition) is 3. The summed E-state index contributed by atoms with van der Waals surface area (Å²) in [5, 5.41) is 10.5. The molecule has 2 aromatic heterocycles. The minimum atomic E-state index is -0.972. The molecule has 0 saturated carbocycles. The van der Waals surface area contributed by atoms with Crippen LogP contribution in [0.2, 0.25) is 0 Å². The number of imidazole rings is 1. The Morgan fingerprint density at radius 1 is 1.62 bits per heavy atom. The molecule has 0 spiro atoms. The lowest BCUT2D eigenvalue weighted by Gasteiger charge is -1.86. The van der Waals surface area contributed by atoms with E-state index in [0.29, 0.717) is 5.69 Å². The highest BCUT2D eigenvalue weighted by atomic mass is 32.1. The van der Waals surface area contributed by atoms with Crippen LogP contribution in [0, 0.1) is 6.92 Å². The molecule has 0 aliphatic carbocycles. The molecule has 4 nitrogen and oxygen atoms in total. The molecule has 2 N–H and O–H groups in total. The van der Waals surface area contributed by atoms with Gasteiger partial charge in [0.25, 0.3) is 0 Å². The largest absolute Gasteiger partial charge is 0.478 e. The van der Waals surface area contributed by atoms with Crippen LogP contribution >= 0.6 is 11.3 Å². The van der Waals surface area contributed by atoms with Crippen molar-refractivity contribution in [3.8, 4) is 10.7 Å². The summed E-state index contributed by atoms with van der Waals surface area (Å²) in [6, 6.07) is 3.91. The van der Waals surface area contributed by atoms with Gasteiger partial charge in [0.15, 0.2) is 0 Å². The van der Waals surface area contributed by atoms with Gasteiger partial charge in [0, 0.05) is 11.8 Å². The molecular formula is C11H10N2O2S. The van der Waals surface area contributed by atoms with Crippen molar-refractivity contribution < 1.29 is 9.90 Å². The minimum absolute atomic E-state index is 0.658. The van der Waals surface area contributed by atoms with Gasteiger partial charge in [-0.15, -0.1) is 11.3 Å². The molecule has 5 heteroatoms. The number of thiophene rings is 1. The molecule has 0 saturated heterocycles. The van der Waals surface area contributed by atoms with Gasteiger partial charge in [-0.05, 0) is 24.4 Å². The Kier molecular flexibility index (Phi) is 2.87. The lowest BCUT2D eigenvalue weighted by atomic mass is 10.3. The van der Waals surface area contributed by atoms with E-state index in [1.165, 1.54) is 6.08 Å². The second-order valence-corrected chi connectivity index (χ2v) is 4.19. The third kappa shape index (κ3) is 2.20. The first-order chi connectivity index (χ1) is 7.66. The van der Waals surface area contributed by atoms with Crippen molar-refractivity contribution in [3.05, 3.63) is 35.0 Å². The number of hydrogen-bond donors (Lipinski definition) is 2. The Hall–Kier alpha value is -1.88. The van der Waals surface area contributed by atoms with Gasteiger partial charge in [-0.3, -0.25) is 0 Å². The van der Waals surface area contributed by atoms with Crippen LogP contribution in [0.5, 0.6) is 0 Å². The first-order valence-electron chi connectivity index (χ1n) is 4.68. The van der Waals surface area contributed by atoms with Crippen LogP contribution in [0.25, 0.3) is 16.8 Å². The number of H-pyrrole nitrogens is 1. The molecular weight excluding hydrogens is 224 g/mol. The zero-order chi connectivity index (χ0) is 11.5. The molecule has 0 radical (unpaired) electrons. The number of nitrogens with one attached hydrogen (secondary N) is 1. The fraction of sp³-hybridized carbons (Fsp3) is 0.0909. The van der Waals surface area contributed by atoms with E-state index >= 15 is 0 Å². The highest BCUT2D eigenvalue weighted by Gasteiger charge is 2.06. The summed E-state index contributed by atoms with van der Waals surface area (Å²) in [5.41, 5.74) is 1.52. The number of rotatable bonds is 3. The number of nitrogens with zero attached hydrogens (tertiary/aromatic N) is 1. The molecule has 0 aliphatic rings. The van der Waals surface area contributed by atoms with Crippen molar-refractivity contribution in [3.63, 3.8) is 0 Å². The maximum Gasteiger partial charge on any atom is 0.328 e. The van der Waals surface area contributed by atoms with Crippen molar-refractivity contribution in [2.24, 2.45) is 0 Å². The molecule has 2 aromatic rings. The monoisotopic (exact) mass is 234 g/mol. The van der Waals surface area contributed by atoms with Crippen LogP contribution < -0.4 is 0 Å². The normalized spacial score (nSPS) is 11.1. The zero-order valence-corrected chi connectivity index (χ0v) is 9.41. The summed E-state index contributed by atoms with van der Waals surface area (Å²) in [6.07, 6.45) is 2.58. The smallest absolute Gasteiger partial charge is 0.328 e. The molecule has 2 heterocycles. The number of aromatic nitrogens is 2. The summed E-state index contributed by atoms with van der Waals surface area (Å²) < 4.78 is 0. The van der Waals surface area contributed by atoms with E-state index in [2.05, 4.69) is 9.97 Å². The Bertz CT molecular complexity index is 526. The summed E-state index contributed by atoms with van der Waals surface area (Å²) in [7, 11) is 0. The second-order valence-electron chi connectivity index (χ2n) is 3.24. The SMILES string of the molecule is Cc1[nH]c(-c2cccs2)nc1/C=C/C(=O)O. The van der Waals surface area contributed by atoms with Gasteiger partial charge in [0.2, 0.25) is 0 Å². The highest BCUT2D eigenvalue weighted by Crippen LogP contribution is 2.23. The lowest BCUT2D eigenvalue weighted by molar-refractivity contribution is -0.131. The summed E-state index contributed by atoms with van der Waals surface area (Å²) in [6.45, 7) is 1.87. The third-order valence-electron chi connectivity index (χ3n) is 2.06. The van der Waals surface area contributed by atoms with Crippen LogP contribution in [0.3, 0.4) is 0 Å². The fourth-order valence-electron chi connectivity index (χ4n) is 1.32. The number of aryl methyl sites for hydroxylation is 1. The number of carboxylic acids is 1. The lowest BCUT2D eigenvalue weighted by Crippen LogP contribution is -1.86. The predicted molar refractivity (Wildman–Crippen MR) is 63.3 cm³/mol. The van der Waals surface area contributed by atoms with Crippen molar-refractivity contribution in [1.29, 1.82) is 0 Å². The van der Waals surface area contributed by atoms with Crippen molar-refractivity contribution in [1.82, 2.24) is 9.97 Å². The first-order valence-corrected chi connectivity index (χ1v) is 5.56. The molecule has 0 aliphatic heterocycles. The van der Waals surface area contributed by atoms with E-state index in [1.54, 1.807) is 11.3 Å². The molecule has 0 atom stereocenters. The first kappa shape index (κ1) is 10.6. The number of carboxylic acid groups (broad SMARTS) is 1. The van der Waals surface area contributed by atoms with Gasteiger partial charge >= 0.3 is 5.97 Å². The van der Waals surface area contributed by atoms with Gasteiger partial charge in [0.05, 0.1) is 10.6 Å². The standard InChI is InChI=1S/C11H10N2O2S/c1-7-8(4-5-10(14)15)13-11(12-7)9-3-2-6-16-9/h2-6H,1H3,(H,12,13)(H,14,15)/b5-4+. The minimum Gasteiger partial charge on any atom is -0.478 e. The Labute approximate surface area is 96.3 Å². The Balaban J connectivity index is 2.32. The molecule has 0 amide bonds. The number of aliphatic carboxylic acids is 1. The number of aromatic amines is 1. The van der Waals surface area contributed by atoms with E-state index in [0.717, 1.165) is 22.5 Å². The van der Waals surface area contributed by atoms with Gasteiger partial charge < -0.3 is 10.1 Å². The maximum absolute atomic E-state index is 10.4. The van der Waals surface area contributed by atoms with Crippen LogP contribution in [-0.2, 0) is 4.79 Å². The topological polar surface area (TPSA) is 66.0 Å². The molecule has 0 unspecified atom stereocenters. The number of carbonyl (C=O) groups is 1. The average Bonchev–Trinajstić information content (AvgIpc) is 2.83. The second kappa shape index (κ2) is 4.32. The van der Waals surface area contributed by atoms with Crippen LogP contribution in [0.1, 0.15) is 11.4 Å². The average molecular weight is 234 g/mol. The van der Waals surface area contributed by atoms with Crippen LogP contribution in [-0.4, -0.2) is 21.0 Å². The van der Waals surface area contributed by atoms with E-state index in [4.69, 9.17) is 5.11 Å². The van der Waals surface area contributed by atoms with Crippen molar-refractivity contribution in [2.45, 2.75) is 6.92 Å². The fourth-order valence-corrected chi connectivity index (χ4v) is 1.99. The van der Waals surface area contributed by atoms with E-state index in [-0.39, 0.29) is 0 Å². The molecule has 2 rings (SSSR count). The van der Waals surface area contributed by atoms with E-state index in [9.17, 15) is 4.79 Å². The Morgan fingerprint density at radius 2 is 2.44 bits per heavy atom. The predicted octanol–water partition coefficient (Wildman–Crippen LogP) is 2.54. The van der Waals surface area contributed by atoms with Crippen LogP contribution in [0.15, 0.2) is 23.6 Å². The third-order valence-corrected chi connectivity index (χ3v) is 2.94. The summed E-state index contributed by atoms with van der Waals surface area (Å²) >= 11 is 1.59.